The van der Waals surface area contributed by atoms with Crippen LogP contribution in [-0.4, -0.2) is 34.5 Å². The normalized spacial score (nSPS) is 11.3. The number of fused-ring (bicyclic) bond motifs is 1. The number of para-hydroxylation sites is 1. The summed E-state index contributed by atoms with van der Waals surface area (Å²) in [7, 11) is 0. The number of carboxylic acid groups (broad SMARTS) is 1. The summed E-state index contributed by atoms with van der Waals surface area (Å²) in [5.41, 5.74) is 9.48. The van der Waals surface area contributed by atoms with E-state index in [2.05, 4.69) is 10.9 Å². The first-order valence-electron chi connectivity index (χ1n) is 11.7. The van der Waals surface area contributed by atoms with Crippen LogP contribution in [0.5, 0.6) is 5.75 Å². The fourth-order valence-electron chi connectivity index (χ4n) is 4.18. The number of rotatable bonds is 9. The number of aromatic carboxylic acids is 1. The minimum Gasteiger partial charge on any atom is -0.487 e. The topological polar surface area (TPSA) is 128 Å². The fourth-order valence-corrected chi connectivity index (χ4v) is 4.18. The molecule has 3 aromatic carbocycles. The zero-order valence-corrected chi connectivity index (χ0v) is 20.4. The van der Waals surface area contributed by atoms with Crippen molar-refractivity contribution in [2.75, 3.05) is 6.54 Å². The number of nitriles is 1. The van der Waals surface area contributed by atoms with Crippen molar-refractivity contribution in [3.05, 3.63) is 100 Å². The maximum atomic E-state index is 12.7. The number of carboxylic acids is 1. The lowest BCUT2D eigenvalue weighted by Gasteiger charge is -2.15. The van der Waals surface area contributed by atoms with Gasteiger partial charge in [-0.2, -0.15) is 23.2 Å². The van der Waals surface area contributed by atoms with Gasteiger partial charge in [-0.3, -0.25) is 0 Å². The van der Waals surface area contributed by atoms with E-state index in [9.17, 15) is 28.0 Å². The van der Waals surface area contributed by atoms with Crippen LogP contribution in [0.3, 0.4) is 0 Å². The monoisotopic (exact) mass is 537 g/mol. The third-order valence-corrected chi connectivity index (χ3v) is 6.04. The summed E-state index contributed by atoms with van der Waals surface area (Å²) in [5.74, 6) is -3.22. The van der Waals surface area contributed by atoms with Crippen molar-refractivity contribution in [3.8, 4) is 11.8 Å². The highest BCUT2D eigenvalue weighted by Crippen LogP contribution is 2.30. The predicted octanol–water partition coefficient (Wildman–Crippen LogP) is 4.40. The highest BCUT2D eigenvalue weighted by atomic mass is 19.4. The average molecular weight is 537 g/mol. The van der Waals surface area contributed by atoms with Gasteiger partial charge in [0, 0.05) is 5.39 Å². The van der Waals surface area contributed by atoms with Crippen LogP contribution in [0.1, 0.15) is 38.2 Å². The van der Waals surface area contributed by atoms with E-state index in [0.717, 1.165) is 17.3 Å². The number of alkyl halides is 3. The number of halogens is 3. The van der Waals surface area contributed by atoms with Crippen LogP contribution in [0.2, 0.25) is 0 Å². The van der Waals surface area contributed by atoms with E-state index in [-0.39, 0.29) is 30.0 Å². The number of benzene rings is 3. The second-order valence-corrected chi connectivity index (χ2v) is 8.57. The van der Waals surface area contributed by atoms with Crippen molar-refractivity contribution in [1.29, 1.82) is 5.26 Å². The molecule has 0 aliphatic heterocycles. The summed E-state index contributed by atoms with van der Waals surface area (Å²) >= 11 is 0. The van der Waals surface area contributed by atoms with E-state index in [1.807, 2.05) is 0 Å². The number of hydrogen-bond acceptors (Lipinski definition) is 6. The van der Waals surface area contributed by atoms with Crippen LogP contribution < -0.4 is 15.3 Å². The summed E-state index contributed by atoms with van der Waals surface area (Å²) in [4.78, 5) is 27.0. The summed E-state index contributed by atoms with van der Waals surface area (Å²) in [6.07, 6.45) is -3.26. The van der Waals surface area contributed by atoms with E-state index >= 15 is 0 Å². The van der Waals surface area contributed by atoms with Gasteiger partial charge in [0.05, 0.1) is 28.9 Å². The minimum atomic E-state index is -5.17. The Hall–Kier alpha value is -4.82. The molecular formula is C28H22F3N3O5. The Morgan fingerprint density at radius 3 is 2.36 bits per heavy atom. The van der Waals surface area contributed by atoms with E-state index in [1.54, 1.807) is 42.5 Å². The largest absolute Gasteiger partial charge is 0.493 e. The lowest BCUT2D eigenvalue weighted by atomic mass is 9.91. The molecule has 0 saturated heterocycles. The van der Waals surface area contributed by atoms with Crippen LogP contribution in [0.15, 0.2) is 66.9 Å². The molecule has 3 N–H and O–H groups in total. The number of carbonyl (C=O) groups is 2. The molecule has 11 heteroatoms. The first-order valence-corrected chi connectivity index (χ1v) is 11.7. The van der Waals surface area contributed by atoms with E-state index in [1.165, 1.54) is 18.2 Å². The first kappa shape index (κ1) is 27.2. The van der Waals surface area contributed by atoms with Crippen molar-refractivity contribution < 1.29 is 37.4 Å². The second-order valence-electron chi connectivity index (χ2n) is 8.57. The molecule has 0 fully saturated rings. The van der Waals surface area contributed by atoms with Crippen LogP contribution in [-0.2, 0) is 24.2 Å². The highest BCUT2D eigenvalue weighted by molar-refractivity contribution is 5.88. The van der Waals surface area contributed by atoms with E-state index in [4.69, 9.17) is 15.6 Å². The molecule has 0 saturated carbocycles. The maximum Gasteiger partial charge on any atom is 0.493 e. The van der Waals surface area contributed by atoms with Crippen molar-refractivity contribution in [1.82, 2.24) is 4.73 Å². The summed E-state index contributed by atoms with van der Waals surface area (Å²) in [5, 5.41) is 19.5. The smallest absolute Gasteiger partial charge is 0.487 e. The van der Waals surface area contributed by atoms with Crippen molar-refractivity contribution >= 4 is 22.8 Å². The molecule has 0 aliphatic rings. The Morgan fingerprint density at radius 1 is 1.03 bits per heavy atom. The van der Waals surface area contributed by atoms with Gasteiger partial charge in [0.2, 0.25) is 0 Å². The fraction of sp³-hybridized carbons (Fsp3) is 0.179. The molecule has 200 valence electrons. The van der Waals surface area contributed by atoms with Gasteiger partial charge in [-0.1, -0.05) is 36.4 Å². The van der Waals surface area contributed by atoms with Crippen LogP contribution >= 0.6 is 0 Å². The van der Waals surface area contributed by atoms with Gasteiger partial charge in [-0.25, -0.2) is 9.59 Å². The van der Waals surface area contributed by atoms with E-state index in [0.29, 0.717) is 39.6 Å². The Morgan fingerprint density at radius 2 is 1.72 bits per heavy atom. The molecule has 4 aromatic rings. The molecule has 0 unspecified atom stereocenters. The average Bonchev–Trinajstić information content (AvgIpc) is 3.25. The Balaban J connectivity index is 1.62. The molecule has 0 spiro atoms. The number of aromatic nitrogens is 1. The number of nitrogens with two attached hydrogens (primary N) is 1. The molecular weight excluding hydrogens is 515 g/mol. The van der Waals surface area contributed by atoms with Crippen molar-refractivity contribution in [2.24, 2.45) is 5.73 Å². The van der Waals surface area contributed by atoms with Gasteiger partial charge in [0.15, 0.2) is 0 Å². The lowest BCUT2D eigenvalue weighted by molar-refractivity contribution is -0.199. The van der Waals surface area contributed by atoms with Gasteiger partial charge >= 0.3 is 18.1 Å². The lowest BCUT2D eigenvalue weighted by Crippen LogP contribution is -2.32. The summed E-state index contributed by atoms with van der Waals surface area (Å²) < 4.78 is 44.9. The zero-order chi connectivity index (χ0) is 28.2. The SMILES string of the molecule is N#Cc1c(Cc2ccc(C(=O)O)cc2)ccc(COc2cn(OC(=O)C(F)(F)F)c3ccccc23)c1CCN. The number of carbonyl (C=O) groups excluding carboxylic acids is 1. The number of ether oxygens (including phenoxy) is 1. The van der Waals surface area contributed by atoms with Crippen LogP contribution in [0.25, 0.3) is 10.9 Å². The molecule has 1 heterocycles. The number of hydrogen-bond donors (Lipinski definition) is 2. The Labute approximate surface area is 220 Å². The summed E-state index contributed by atoms with van der Waals surface area (Å²) in [6, 6.07) is 18.5. The molecule has 39 heavy (non-hydrogen) atoms. The van der Waals surface area contributed by atoms with Crippen molar-refractivity contribution in [2.45, 2.75) is 25.6 Å². The Kier molecular flexibility index (Phi) is 7.88. The molecule has 4 rings (SSSR count). The molecule has 0 atom stereocenters. The van der Waals surface area contributed by atoms with E-state index < -0.39 is 18.1 Å². The Bertz CT molecular complexity index is 1570. The molecule has 0 radical (unpaired) electrons. The van der Waals surface area contributed by atoms with Gasteiger partial charge in [0.1, 0.15) is 12.4 Å². The molecule has 0 aliphatic carbocycles. The van der Waals surface area contributed by atoms with Gasteiger partial charge in [-0.15, -0.1) is 0 Å². The van der Waals surface area contributed by atoms with Gasteiger partial charge in [0.25, 0.3) is 0 Å². The van der Waals surface area contributed by atoms with Gasteiger partial charge < -0.3 is 20.4 Å². The van der Waals surface area contributed by atoms with Crippen LogP contribution in [0, 0.1) is 11.3 Å². The molecule has 0 bridgehead atoms. The maximum absolute atomic E-state index is 12.7. The number of nitrogens with zero attached hydrogens (tertiary/aromatic N) is 2. The van der Waals surface area contributed by atoms with Crippen molar-refractivity contribution in [3.63, 3.8) is 0 Å². The third-order valence-electron chi connectivity index (χ3n) is 6.04. The minimum absolute atomic E-state index is 0.0289. The first-order chi connectivity index (χ1) is 18.6. The third kappa shape index (κ3) is 6.02. The molecule has 1 aromatic heterocycles. The highest BCUT2D eigenvalue weighted by Gasteiger charge is 2.42. The second kappa shape index (κ2) is 11.3. The predicted molar refractivity (Wildman–Crippen MR) is 134 cm³/mol. The quantitative estimate of drug-likeness (QED) is 0.324. The summed E-state index contributed by atoms with van der Waals surface area (Å²) in [6.45, 7) is 0.226. The standard InChI is InChI=1S/C28H22F3N3O5/c29-28(30,31)27(37)39-34-15-25(22-3-1-2-4-24(22)34)38-16-20-10-9-19(23(14-33)21(20)11-12-32)13-17-5-7-18(8-6-17)26(35)36/h1-10,15H,11-13,16,32H2,(H,35,36). The van der Waals surface area contributed by atoms with Crippen LogP contribution in [0.4, 0.5) is 13.2 Å². The molecule has 0 amide bonds. The van der Waals surface area contributed by atoms with Gasteiger partial charge in [-0.05, 0) is 65.9 Å². The molecule has 8 nitrogen and oxygen atoms in total. The zero-order valence-electron chi connectivity index (χ0n) is 20.4.